The zero-order valence-electron chi connectivity index (χ0n) is 24.3. The van der Waals surface area contributed by atoms with Gasteiger partial charge < -0.3 is 9.47 Å². The minimum absolute atomic E-state index is 0.241. The lowest BCUT2D eigenvalue weighted by atomic mass is 9.83. The number of piperazine rings is 1. The number of hydrogen-bond acceptors (Lipinski definition) is 4. The fourth-order valence-electron chi connectivity index (χ4n) is 5.21. The normalized spacial score (nSPS) is 17.2. The van der Waals surface area contributed by atoms with E-state index in [0.29, 0.717) is 12.5 Å². The molecule has 2 aromatic rings. The van der Waals surface area contributed by atoms with Gasteiger partial charge in [-0.15, -0.1) is 0 Å². The van der Waals surface area contributed by atoms with Crippen LogP contribution in [0.25, 0.3) is 17.3 Å². The molecule has 0 radical (unpaired) electrons. The summed E-state index contributed by atoms with van der Waals surface area (Å²) in [7, 11) is 0. The molecule has 0 spiro atoms. The van der Waals surface area contributed by atoms with E-state index in [-0.39, 0.29) is 12.1 Å². The van der Waals surface area contributed by atoms with Crippen molar-refractivity contribution in [2.45, 2.75) is 86.1 Å². The molecule has 0 bridgehead atoms. The minimum Gasteiger partial charge on any atom is -0.334 e. The Morgan fingerprint density at radius 2 is 1.84 bits per heavy atom. The van der Waals surface area contributed by atoms with Crippen LogP contribution in [0.4, 0.5) is 4.39 Å². The molecule has 0 aliphatic carbocycles. The van der Waals surface area contributed by atoms with Crippen LogP contribution in [0.2, 0.25) is 0 Å². The van der Waals surface area contributed by atoms with Crippen molar-refractivity contribution in [3.05, 3.63) is 41.6 Å². The van der Waals surface area contributed by atoms with Crippen LogP contribution in [0, 0.1) is 12.3 Å². The summed E-state index contributed by atoms with van der Waals surface area (Å²) < 4.78 is 15.1. The van der Waals surface area contributed by atoms with Gasteiger partial charge in [0.05, 0.1) is 11.4 Å². The third-order valence-corrected chi connectivity index (χ3v) is 8.02. The maximum atomic E-state index is 12.7. The molecule has 2 aromatic heterocycles. The molecule has 0 amide bonds. The smallest absolute Gasteiger partial charge is 0.111 e. The highest BCUT2D eigenvalue weighted by Gasteiger charge is 2.28. The number of hydrogen-bond donors (Lipinski definition) is 0. The van der Waals surface area contributed by atoms with Crippen molar-refractivity contribution in [1.29, 1.82) is 0 Å². The molecule has 1 atom stereocenters. The molecule has 3 heterocycles. The zero-order valence-corrected chi connectivity index (χ0v) is 24.3. The van der Waals surface area contributed by atoms with Crippen LogP contribution in [-0.2, 0) is 6.54 Å². The molecule has 0 saturated carbocycles. The Labute approximate surface area is 225 Å². The highest BCUT2D eigenvalue weighted by Crippen LogP contribution is 2.30. The van der Waals surface area contributed by atoms with Crippen LogP contribution in [-0.4, -0.2) is 70.3 Å². The topological polar surface area (TPSA) is 37.2 Å². The molecule has 1 unspecified atom stereocenters. The quantitative estimate of drug-likeness (QED) is 0.257. The number of pyridine rings is 1. The Morgan fingerprint density at radius 1 is 1.11 bits per heavy atom. The second kappa shape index (κ2) is 14.2. The third-order valence-electron chi connectivity index (χ3n) is 8.02. The van der Waals surface area contributed by atoms with Gasteiger partial charge in [-0.2, -0.15) is 0 Å². The molecule has 1 aliphatic heterocycles. The van der Waals surface area contributed by atoms with Gasteiger partial charge in [0.25, 0.3) is 0 Å². The second-order valence-corrected chi connectivity index (χ2v) is 11.5. The van der Waals surface area contributed by atoms with E-state index in [9.17, 15) is 4.39 Å². The molecule has 37 heavy (non-hydrogen) atoms. The summed E-state index contributed by atoms with van der Waals surface area (Å²) in [5.74, 6) is 1.51. The predicted octanol–water partition coefficient (Wildman–Crippen LogP) is 6.97. The van der Waals surface area contributed by atoms with Crippen molar-refractivity contribution < 1.29 is 4.39 Å². The van der Waals surface area contributed by atoms with Crippen molar-refractivity contribution >= 4 is 6.08 Å². The van der Waals surface area contributed by atoms with Gasteiger partial charge in [0.2, 0.25) is 0 Å². The Balaban J connectivity index is 1.68. The first-order chi connectivity index (χ1) is 17.8. The maximum Gasteiger partial charge on any atom is 0.111 e. The predicted molar refractivity (Wildman–Crippen MR) is 155 cm³/mol. The van der Waals surface area contributed by atoms with Crippen LogP contribution in [0.15, 0.2) is 24.5 Å². The summed E-state index contributed by atoms with van der Waals surface area (Å²) in [6.07, 6.45) is 14.4. The lowest BCUT2D eigenvalue weighted by Gasteiger charge is -2.40. The molecule has 5 nitrogen and oxygen atoms in total. The van der Waals surface area contributed by atoms with E-state index in [0.717, 1.165) is 81.3 Å². The number of rotatable bonds is 14. The molecular weight excluding hydrogens is 461 g/mol. The number of unbranched alkanes of at least 4 members (excludes halogenated alkanes) is 2. The first kappa shape index (κ1) is 29.5. The van der Waals surface area contributed by atoms with E-state index < -0.39 is 0 Å². The summed E-state index contributed by atoms with van der Waals surface area (Å²) >= 11 is 0. The molecule has 1 fully saturated rings. The largest absolute Gasteiger partial charge is 0.334 e. The first-order valence-corrected chi connectivity index (χ1v) is 14.5. The van der Waals surface area contributed by atoms with Crippen molar-refractivity contribution in [3.63, 3.8) is 0 Å². The number of halogens is 1. The van der Waals surface area contributed by atoms with E-state index in [1.165, 1.54) is 18.4 Å². The number of nitrogens with zero attached hydrogens (tertiary/aromatic N) is 5. The highest BCUT2D eigenvalue weighted by atomic mass is 19.1. The standard InChI is InChI=1S/C31H50FN5/c1-7-9-10-11-12-28-26(5)21-27(22-33-28)29-23-37(30(34-29)25(3)4)15-13-31(6,8-2)24-36-19-17-35(16-14-32)18-20-36/h11-12,21-23,25H,7-10,13-20,24H2,1-6H3/b12-11-. The van der Waals surface area contributed by atoms with Gasteiger partial charge in [-0.05, 0) is 49.3 Å². The lowest BCUT2D eigenvalue weighted by Crippen LogP contribution is -2.49. The van der Waals surface area contributed by atoms with E-state index >= 15 is 0 Å². The van der Waals surface area contributed by atoms with E-state index in [1.807, 2.05) is 6.20 Å². The van der Waals surface area contributed by atoms with Gasteiger partial charge in [-0.3, -0.25) is 9.88 Å². The average Bonchev–Trinajstić information content (AvgIpc) is 3.32. The van der Waals surface area contributed by atoms with Crippen LogP contribution < -0.4 is 0 Å². The number of imidazole rings is 1. The van der Waals surface area contributed by atoms with Gasteiger partial charge in [-0.1, -0.05) is 53.5 Å². The average molecular weight is 512 g/mol. The second-order valence-electron chi connectivity index (χ2n) is 11.5. The summed E-state index contributed by atoms with van der Waals surface area (Å²) in [6.45, 7) is 20.0. The monoisotopic (exact) mass is 511 g/mol. The van der Waals surface area contributed by atoms with Crippen molar-refractivity contribution in [2.24, 2.45) is 5.41 Å². The molecule has 1 aliphatic rings. The number of alkyl halides is 1. The number of aromatic nitrogens is 3. The fraction of sp³-hybridized carbons (Fsp3) is 0.677. The number of allylic oxidation sites excluding steroid dienone is 1. The Kier molecular flexibility index (Phi) is 11.3. The number of aryl methyl sites for hydroxylation is 2. The Morgan fingerprint density at radius 3 is 2.46 bits per heavy atom. The van der Waals surface area contributed by atoms with Gasteiger partial charge in [0.15, 0.2) is 0 Å². The van der Waals surface area contributed by atoms with Crippen molar-refractivity contribution in [2.75, 3.05) is 45.9 Å². The molecule has 206 valence electrons. The van der Waals surface area contributed by atoms with Gasteiger partial charge in [0, 0.05) is 69.7 Å². The van der Waals surface area contributed by atoms with Crippen LogP contribution in [0.3, 0.4) is 0 Å². The maximum absolute atomic E-state index is 12.7. The molecule has 0 aromatic carbocycles. The fourth-order valence-corrected chi connectivity index (χ4v) is 5.21. The van der Waals surface area contributed by atoms with Gasteiger partial charge in [0.1, 0.15) is 12.5 Å². The Hall–Kier alpha value is -2.05. The van der Waals surface area contributed by atoms with Crippen LogP contribution in [0.5, 0.6) is 0 Å². The Bertz CT molecular complexity index is 989. The van der Waals surface area contributed by atoms with Crippen LogP contribution >= 0.6 is 0 Å². The summed E-state index contributed by atoms with van der Waals surface area (Å²) in [4.78, 5) is 14.6. The highest BCUT2D eigenvalue weighted by molar-refractivity contribution is 5.62. The molecule has 6 heteroatoms. The zero-order chi connectivity index (χ0) is 26.8. The van der Waals surface area contributed by atoms with Crippen molar-refractivity contribution in [1.82, 2.24) is 24.3 Å². The molecular formula is C31H50FN5. The van der Waals surface area contributed by atoms with Crippen LogP contribution in [0.1, 0.15) is 89.7 Å². The summed E-state index contributed by atoms with van der Waals surface area (Å²) in [6, 6.07) is 2.22. The summed E-state index contributed by atoms with van der Waals surface area (Å²) in [5.41, 5.74) is 4.59. The molecule has 3 rings (SSSR count). The SMILES string of the molecule is CCCC/C=C\c1ncc(-c2cn(CCC(C)(CC)CN3CCN(CCF)CC3)c(C(C)C)n2)cc1C. The molecule has 1 saturated heterocycles. The lowest BCUT2D eigenvalue weighted by molar-refractivity contribution is 0.0798. The van der Waals surface area contributed by atoms with Gasteiger partial charge >= 0.3 is 0 Å². The first-order valence-electron chi connectivity index (χ1n) is 14.5. The van der Waals surface area contributed by atoms with Crippen molar-refractivity contribution in [3.8, 4) is 11.3 Å². The van der Waals surface area contributed by atoms with E-state index in [1.54, 1.807) is 0 Å². The van der Waals surface area contributed by atoms with E-state index in [4.69, 9.17) is 9.97 Å². The molecule has 0 N–H and O–H groups in total. The minimum atomic E-state index is -0.242. The summed E-state index contributed by atoms with van der Waals surface area (Å²) in [5, 5.41) is 0. The van der Waals surface area contributed by atoms with Gasteiger partial charge in [-0.25, -0.2) is 9.37 Å². The van der Waals surface area contributed by atoms with E-state index in [2.05, 4.69) is 80.3 Å². The third kappa shape index (κ3) is 8.47.